The fourth-order valence-electron chi connectivity index (χ4n) is 1.59. The van der Waals surface area contributed by atoms with Crippen LogP contribution in [0.25, 0.3) is 0 Å². The van der Waals surface area contributed by atoms with E-state index in [4.69, 9.17) is 4.74 Å². The monoisotopic (exact) mass is 245 g/mol. The third-order valence-corrected chi connectivity index (χ3v) is 2.52. The van der Waals surface area contributed by atoms with Gasteiger partial charge in [-0.25, -0.2) is 0 Å². The minimum absolute atomic E-state index is 0.0424. The first-order chi connectivity index (χ1) is 7.95. The lowest BCUT2D eigenvalue weighted by molar-refractivity contribution is 0.307. The van der Waals surface area contributed by atoms with Crippen molar-refractivity contribution in [2.45, 2.75) is 33.1 Å². The smallest absolute Gasteiger partial charge is 0.497 e. The number of benzene rings is 1. The first kappa shape index (κ1) is 13.9. The first-order valence-corrected chi connectivity index (χ1v) is 5.88. The van der Waals surface area contributed by atoms with E-state index in [1.54, 1.807) is 13.0 Å². The molecule has 0 heterocycles. The van der Waals surface area contributed by atoms with Gasteiger partial charge in [0.15, 0.2) is 0 Å². The minimum atomic E-state index is -5.01. The number of unbranched alkanes of at least 4 members (excludes halogenated alkanes) is 2. The van der Waals surface area contributed by atoms with Crippen molar-refractivity contribution in [2.75, 3.05) is 6.61 Å². The van der Waals surface area contributed by atoms with Crippen LogP contribution in [-0.2, 0) is 0 Å². The Morgan fingerprint density at radius 2 is 1.88 bits per heavy atom. The van der Waals surface area contributed by atoms with E-state index in [-0.39, 0.29) is 5.75 Å². The van der Waals surface area contributed by atoms with Gasteiger partial charge < -0.3 is 17.7 Å². The highest BCUT2D eigenvalue weighted by atomic mass is 19.4. The summed E-state index contributed by atoms with van der Waals surface area (Å²) >= 11 is 0. The van der Waals surface area contributed by atoms with Crippen molar-refractivity contribution in [3.05, 3.63) is 23.8 Å². The van der Waals surface area contributed by atoms with E-state index < -0.39 is 12.4 Å². The van der Waals surface area contributed by atoms with Crippen molar-refractivity contribution >= 4 is 12.4 Å². The molecule has 0 fully saturated rings. The number of hydrogen-bond acceptors (Lipinski definition) is 1. The zero-order valence-corrected chi connectivity index (χ0v) is 10.2. The normalized spacial score (nSPS) is 11.6. The second-order valence-corrected chi connectivity index (χ2v) is 4.17. The molecule has 0 aromatic heterocycles. The van der Waals surface area contributed by atoms with Gasteiger partial charge in [0, 0.05) is 0 Å². The predicted molar refractivity (Wildman–Crippen MR) is 64.9 cm³/mol. The summed E-state index contributed by atoms with van der Waals surface area (Å²) in [6.45, 7) is -0.980. The van der Waals surface area contributed by atoms with Crippen molar-refractivity contribution in [3.8, 4) is 5.75 Å². The van der Waals surface area contributed by atoms with Gasteiger partial charge in [-0.1, -0.05) is 42.9 Å². The third kappa shape index (κ3) is 4.33. The maximum absolute atomic E-state index is 12.8. The van der Waals surface area contributed by atoms with Crippen LogP contribution in [0.4, 0.5) is 12.9 Å². The van der Waals surface area contributed by atoms with E-state index in [0.717, 1.165) is 25.3 Å². The predicted octanol–water partition coefficient (Wildman–Crippen LogP) is 3.62. The third-order valence-electron chi connectivity index (χ3n) is 2.52. The number of halogens is 3. The molecule has 0 amide bonds. The quantitative estimate of drug-likeness (QED) is 0.549. The summed E-state index contributed by atoms with van der Waals surface area (Å²) in [5.74, 6) is -0.0424. The van der Waals surface area contributed by atoms with Crippen LogP contribution in [0.15, 0.2) is 18.2 Å². The molecule has 0 bridgehead atoms. The Kier molecular flexibility index (Phi) is 4.91. The molecule has 0 atom stereocenters. The maximum atomic E-state index is 12.8. The largest absolute Gasteiger partial charge is 0.513 e. The highest BCUT2D eigenvalue weighted by molar-refractivity contribution is 6.74. The van der Waals surface area contributed by atoms with E-state index in [0.29, 0.717) is 12.2 Å². The standard InChI is InChI=1S/C12H17BF3O/c1-3-4-5-8-17-12-7-6-10(2)9-11(12)13(14,15)16/h6-7,9H,3-5,8H2,1-2H3/q-1. The fourth-order valence-corrected chi connectivity index (χ4v) is 1.59. The number of ether oxygens (including phenoxy) is 1. The van der Waals surface area contributed by atoms with Gasteiger partial charge >= 0.3 is 6.98 Å². The van der Waals surface area contributed by atoms with Gasteiger partial charge in [-0.05, 0) is 19.4 Å². The van der Waals surface area contributed by atoms with Gasteiger partial charge in [0.2, 0.25) is 0 Å². The SMILES string of the molecule is CCCCCOc1ccc(C)cc1[B-](F)(F)F. The molecule has 17 heavy (non-hydrogen) atoms. The molecule has 96 valence electrons. The van der Waals surface area contributed by atoms with E-state index in [1.807, 2.05) is 6.92 Å². The lowest BCUT2D eigenvalue weighted by atomic mass is 9.78. The van der Waals surface area contributed by atoms with Crippen LogP contribution in [-0.4, -0.2) is 13.6 Å². The summed E-state index contributed by atoms with van der Waals surface area (Å²) in [5, 5.41) is 0. The Morgan fingerprint density at radius 1 is 1.18 bits per heavy atom. The zero-order chi connectivity index (χ0) is 12.9. The molecular formula is C12H17BF3O-. The molecule has 0 saturated heterocycles. The van der Waals surface area contributed by atoms with Crippen molar-refractivity contribution in [3.63, 3.8) is 0 Å². The lowest BCUT2D eigenvalue weighted by Gasteiger charge is -2.20. The van der Waals surface area contributed by atoms with Crippen molar-refractivity contribution in [2.24, 2.45) is 0 Å². The molecule has 0 aliphatic rings. The van der Waals surface area contributed by atoms with E-state index in [1.165, 1.54) is 6.07 Å². The van der Waals surface area contributed by atoms with E-state index in [2.05, 4.69) is 0 Å². The van der Waals surface area contributed by atoms with Crippen molar-refractivity contribution in [1.82, 2.24) is 0 Å². The summed E-state index contributed by atoms with van der Waals surface area (Å²) in [5.41, 5.74) is -0.0263. The van der Waals surface area contributed by atoms with Crippen LogP contribution in [0.3, 0.4) is 0 Å². The topological polar surface area (TPSA) is 9.23 Å². The second kappa shape index (κ2) is 5.98. The molecule has 0 unspecified atom stereocenters. The molecule has 0 aliphatic carbocycles. The van der Waals surface area contributed by atoms with E-state index in [9.17, 15) is 12.9 Å². The molecule has 1 aromatic rings. The molecule has 0 saturated carbocycles. The minimum Gasteiger partial charge on any atom is -0.497 e. The molecule has 0 N–H and O–H groups in total. The van der Waals surface area contributed by atoms with Gasteiger partial charge in [-0.2, -0.15) is 0 Å². The van der Waals surface area contributed by atoms with E-state index >= 15 is 0 Å². The summed E-state index contributed by atoms with van der Waals surface area (Å²) in [7, 11) is 0. The Hall–Kier alpha value is -1.13. The fraction of sp³-hybridized carbons (Fsp3) is 0.500. The average Bonchev–Trinajstić information content (AvgIpc) is 2.25. The first-order valence-electron chi connectivity index (χ1n) is 5.88. The average molecular weight is 245 g/mol. The van der Waals surface area contributed by atoms with Crippen LogP contribution in [0, 0.1) is 6.92 Å². The summed E-state index contributed by atoms with van der Waals surface area (Å²) in [6, 6.07) is 4.20. The van der Waals surface area contributed by atoms with Crippen LogP contribution >= 0.6 is 0 Å². The van der Waals surface area contributed by atoms with Crippen LogP contribution in [0.2, 0.25) is 0 Å². The van der Waals surface area contributed by atoms with Gasteiger partial charge in [0.1, 0.15) is 0 Å². The van der Waals surface area contributed by atoms with Gasteiger partial charge in [0.25, 0.3) is 0 Å². The lowest BCUT2D eigenvalue weighted by Crippen LogP contribution is -2.35. The number of aryl methyl sites for hydroxylation is 1. The summed E-state index contributed by atoms with van der Waals surface area (Å²) < 4.78 is 43.6. The highest BCUT2D eigenvalue weighted by Gasteiger charge is 2.29. The second-order valence-electron chi connectivity index (χ2n) is 4.17. The zero-order valence-electron chi connectivity index (χ0n) is 10.2. The van der Waals surface area contributed by atoms with Crippen molar-refractivity contribution < 1.29 is 17.7 Å². The molecule has 5 heteroatoms. The number of rotatable bonds is 6. The van der Waals surface area contributed by atoms with Crippen molar-refractivity contribution in [1.29, 1.82) is 0 Å². The van der Waals surface area contributed by atoms with Gasteiger partial charge in [0.05, 0.1) is 12.4 Å². The van der Waals surface area contributed by atoms with Crippen LogP contribution < -0.4 is 10.2 Å². The molecule has 1 rings (SSSR count). The summed E-state index contributed by atoms with van der Waals surface area (Å²) in [4.78, 5) is 0. The Bertz CT molecular complexity index is 363. The summed E-state index contributed by atoms with van der Waals surface area (Å²) in [6.07, 6.45) is 2.78. The number of hydrogen-bond donors (Lipinski definition) is 0. The molecule has 0 spiro atoms. The Balaban J connectivity index is 2.77. The van der Waals surface area contributed by atoms with Crippen LogP contribution in [0.5, 0.6) is 5.75 Å². The Labute approximate surface area is 100 Å². The van der Waals surface area contributed by atoms with Gasteiger partial charge in [-0.15, -0.1) is 0 Å². The van der Waals surface area contributed by atoms with Gasteiger partial charge in [-0.3, -0.25) is 0 Å². The maximum Gasteiger partial charge on any atom is 0.513 e. The molecular weight excluding hydrogens is 228 g/mol. The van der Waals surface area contributed by atoms with Crippen LogP contribution in [0.1, 0.15) is 31.7 Å². The molecule has 0 aliphatic heterocycles. The molecule has 1 nitrogen and oxygen atoms in total. The molecule has 1 aromatic carbocycles. The molecule has 0 radical (unpaired) electrons. The highest BCUT2D eigenvalue weighted by Crippen LogP contribution is 2.19. The Morgan fingerprint density at radius 3 is 2.47 bits per heavy atom.